The van der Waals surface area contributed by atoms with Gasteiger partial charge in [-0.1, -0.05) is 218 Å². The molecule has 0 bridgehead atoms. The van der Waals surface area contributed by atoms with Crippen LogP contribution in [0.5, 0.6) is 0 Å². The van der Waals surface area contributed by atoms with Crippen LogP contribution < -0.4 is 0 Å². The van der Waals surface area contributed by atoms with Crippen LogP contribution in [0.2, 0.25) is 0 Å². The number of carbonyl (C=O) groups is 3. The van der Waals surface area contributed by atoms with E-state index in [-0.39, 0.29) is 44.0 Å². The van der Waals surface area contributed by atoms with Crippen molar-refractivity contribution in [3.8, 4) is 0 Å². The summed E-state index contributed by atoms with van der Waals surface area (Å²) in [5.74, 6) is -1.05. The molecule has 0 radical (unpaired) electrons. The summed E-state index contributed by atoms with van der Waals surface area (Å²) in [4.78, 5) is 38.0. The highest BCUT2D eigenvalue weighted by atomic mass is 16.6. The van der Waals surface area contributed by atoms with Crippen molar-refractivity contribution in [2.24, 2.45) is 0 Å². The SMILES string of the molecule is CC\C=C/C=C\C=C/C=C\C=C\C=C/CCCCCC(=O)OCC(COC(=O)CCCCCCCCC/C=C\C/C=C\CC)OC(=O)CCC/C=C\C/C=C\C/C=C\C/C=C\CCCCC. The summed E-state index contributed by atoms with van der Waals surface area (Å²) < 4.78 is 16.7. The molecule has 1 unspecified atom stereocenters. The first-order chi connectivity index (χ1) is 32.5. The number of ether oxygens (including phenoxy) is 3. The van der Waals surface area contributed by atoms with Gasteiger partial charge in [-0.2, -0.15) is 0 Å². The molecule has 368 valence electrons. The number of allylic oxidation sites excluding steroid dienone is 24. The van der Waals surface area contributed by atoms with Gasteiger partial charge in [0.15, 0.2) is 6.10 Å². The van der Waals surface area contributed by atoms with Gasteiger partial charge in [-0.3, -0.25) is 14.4 Å². The van der Waals surface area contributed by atoms with Crippen molar-refractivity contribution in [2.45, 2.75) is 200 Å². The van der Waals surface area contributed by atoms with Crippen LogP contribution in [0.1, 0.15) is 194 Å². The second-order valence-corrected chi connectivity index (χ2v) is 16.5. The number of rotatable bonds is 44. The zero-order valence-corrected chi connectivity index (χ0v) is 41.9. The van der Waals surface area contributed by atoms with Crippen molar-refractivity contribution in [3.05, 3.63) is 146 Å². The third-order valence-electron chi connectivity index (χ3n) is 10.2. The fourth-order valence-corrected chi connectivity index (χ4v) is 6.38. The third kappa shape index (κ3) is 50.3. The lowest BCUT2D eigenvalue weighted by Gasteiger charge is -2.18. The lowest BCUT2D eigenvalue weighted by atomic mass is 10.1. The van der Waals surface area contributed by atoms with Gasteiger partial charge in [0.05, 0.1) is 0 Å². The van der Waals surface area contributed by atoms with E-state index in [1.807, 2.05) is 60.8 Å². The van der Waals surface area contributed by atoms with Gasteiger partial charge in [-0.25, -0.2) is 0 Å². The Hall–Kier alpha value is -4.71. The van der Waals surface area contributed by atoms with Gasteiger partial charge in [-0.15, -0.1) is 0 Å². The molecule has 0 amide bonds. The molecule has 0 heterocycles. The van der Waals surface area contributed by atoms with Crippen LogP contribution in [-0.4, -0.2) is 37.2 Å². The predicted octanol–water partition coefficient (Wildman–Crippen LogP) is 17.3. The van der Waals surface area contributed by atoms with Gasteiger partial charge >= 0.3 is 17.9 Å². The quantitative estimate of drug-likeness (QED) is 0.0199. The first-order valence-electron chi connectivity index (χ1n) is 25.9. The van der Waals surface area contributed by atoms with E-state index in [0.717, 1.165) is 89.9 Å². The average molecular weight is 909 g/mol. The number of hydrogen-bond acceptors (Lipinski definition) is 6. The molecule has 0 saturated carbocycles. The van der Waals surface area contributed by atoms with Crippen molar-refractivity contribution >= 4 is 17.9 Å². The van der Waals surface area contributed by atoms with Gasteiger partial charge in [0, 0.05) is 19.3 Å². The fraction of sp³-hybridized carbons (Fsp3) is 0.550. The highest BCUT2D eigenvalue weighted by Crippen LogP contribution is 2.12. The molecule has 0 fully saturated rings. The van der Waals surface area contributed by atoms with Crippen LogP contribution in [-0.2, 0) is 28.6 Å². The van der Waals surface area contributed by atoms with E-state index in [1.54, 1.807) is 0 Å². The Morgan fingerprint density at radius 1 is 0.333 bits per heavy atom. The van der Waals surface area contributed by atoms with Gasteiger partial charge in [0.2, 0.25) is 0 Å². The van der Waals surface area contributed by atoms with Crippen LogP contribution in [0.3, 0.4) is 0 Å². The van der Waals surface area contributed by atoms with Crippen molar-refractivity contribution in [3.63, 3.8) is 0 Å². The van der Waals surface area contributed by atoms with Crippen LogP contribution >= 0.6 is 0 Å². The molecule has 6 heteroatoms. The van der Waals surface area contributed by atoms with Gasteiger partial charge in [-0.05, 0) is 103 Å². The summed E-state index contributed by atoms with van der Waals surface area (Å²) in [5.41, 5.74) is 0. The minimum atomic E-state index is -0.835. The second-order valence-electron chi connectivity index (χ2n) is 16.5. The van der Waals surface area contributed by atoms with Crippen LogP contribution in [0, 0.1) is 0 Å². The first-order valence-corrected chi connectivity index (χ1v) is 25.9. The van der Waals surface area contributed by atoms with Gasteiger partial charge < -0.3 is 14.2 Å². The molecule has 0 saturated heterocycles. The summed E-state index contributed by atoms with van der Waals surface area (Å²) in [6, 6.07) is 0. The molecule has 0 aromatic heterocycles. The van der Waals surface area contributed by atoms with Crippen molar-refractivity contribution in [1.29, 1.82) is 0 Å². The average Bonchev–Trinajstić information content (AvgIpc) is 3.31. The number of unbranched alkanes of at least 4 members (excludes halogenated alkanes) is 14. The van der Waals surface area contributed by atoms with Crippen LogP contribution in [0.25, 0.3) is 0 Å². The largest absolute Gasteiger partial charge is 0.462 e. The minimum Gasteiger partial charge on any atom is -0.462 e. The Morgan fingerprint density at radius 3 is 1.17 bits per heavy atom. The van der Waals surface area contributed by atoms with Crippen molar-refractivity contribution in [1.82, 2.24) is 0 Å². The predicted molar refractivity (Wildman–Crippen MR) is 283 cm³/mol. The summed E-state index contributed by atoms with van der Waals surface area (Å²) in [7, 11) is 0. The van der Waals surface area contributed by atoms with E-state index >= 15 is 0 Å². The topological polar surface area (TPSA) is 78.9 Å². The normalized spacial score (nSPS) is 13.3. The van der Waals surface area contributed by atoms with Crippen molar-refractivity contribution < 1.29 is 28.6 Å². The molecular formula is C60H92O6. The zero-order valence-electron chi connectivity index (χ0n) is 41.9. The van der Waals surface area contributed by atoms with Gasteiger partial charge in [0.1, 0.15) is 13.2 Å². The molecule has 6 nitrogen and oxygen atoms in total. The zero-order chi connectivity index (χ0) is 47.9. The van der Waals surface area contributed by atoms with E-state index in [9.17, 15) is 14.4 Å². The molecule has 0 aliphatic rings. The summed E-state index contributed by atoms with van der Waals surface area (Å²) in [6.07, 6.45) is 75.4. The molecular weight excluding hydrogens is 817 g/mol. The Balaban J connectivity index is 4.62. The lowest BCUT2D eigenvalue weighted by molar-refractivity contribution is -0.167. The standard InChI is InChI=1S/C60H92O6/c1-4-7-10-13-16-19-22-25-28-30-32-35-38-41-44-47-50-53-59(62)65-56-57(55-64-58(61)52-49-46-43-40-37-34-27-24-21-18-15-12-9-6-3)66-60(63)54-51-48-45-42-39-36-33-31-29-26-23-20-17-14-11-8-5-2/h7,9-10,12-13,16-22,25-26,28-30,32-33,35-36,38,42,45,57H,4-6,8,11,14-15,23-24,27,31,34,37,39-41,43-44,46-56H2,1-3H3/b10-7-,12-9-,16-13-,20-17-,21-18-,22-19-,28-25-,29-26-,32-30+,36-33-,38-35-,45-42-. The highest BCUT2D eigenvalue weighted by molar-refractivity contribution is 5.71. The lowest BCUT2D eigenvalue weighted by Crippen LogP contribution is -2.30. The maximum Gasteiger partial charge on any atom is 0.306 e. The second kappa shape index (κ2) is 52.9. The molecule has 0 N–H and O–H groups in total. The molecule has 66 heavy (non-hydrogen) atoms. The van der Waals surface area contributed by atoms with Crippen LogP contribution in [0.4, 0.5) is 0 Å². The maximum atomic E-state index is 12.8. The van der Waals surface area contributed by atoms with E-state index < -0.39 is 6.10 Å². The maximum absolute atomic E-state index is 12.8. The Bertz CT molecular complexity index is 1510. The Labute approximate surface area is 404 Å². The van der Waals surface area contributed by atoms with E-state index in [2.05, 4.69) is 106 Å². The Morgan fingerprint density at radius 2 is 0.682 bits per heavy atom. The van der Waals surface area contributed by atoms with Gasteiger partial charge in [0.25, 0.3) is 0 Å². The summed E-state index contributed by atoms with van der Waals surface area (Å²) in [6.45, 7) is 6.24. The molecule has 0 aromatic carbocycles. The number of carbonyl (C=O) groups excluding carboxylic acids is 3. The molecule has 0 rings (SSSR count). The highest BCUT2D eigenvalue weighted by Gasteiger charge is 2.19. The summed E-state index contributed by atoms with van der Waals surface area (Å²) >= 11 is 0. The minimum absolute atomic E-state index is 0.125. The first kappa shape index (κ1) is 61.3. The van der Waals surface area contributed by atoms with Crippen molar-refractivity contribution in [2.75, 3.05) is 13.2 Å². The van der Waals surface area contributed by atoms with E-state index in [4.69, 9.17) is 14.2 Å². The fourth-order valence-electron chi connectivity index (χ4n) is 6.38. The van der Waals surface area contributed by atoms with E-state index in [1.165, 1.54) is 51.4 Å². The number of hydrogen-bond donors (Lipinski definition) is 0. The van der Waals surface area contributed by atoms with E-state index in [0.29, 0.717) is 19.3 Å². The smallest absolute Gasteiger partial charge is 0.306 e. The summed E-state index contributed by atoms with van der Waals surface area (Å²) in [5, 5.41) is 0. The molecule has 0 aromatic rings. The Kier molecular flexibility index (Phi) is 49.1. The molecule has 0 spiro atoms. The molecule has 0 aliphatic heterocycles. The third-order valence-corrected chi connectivity index (χ3v) is 10.2. The molecule has 1 atom stereocenters. The number of esters is 3. The monoisotopic (exact) mass is 909 g/mol. The van der Waals surface area contributed by atoms with Crippen LogP contribution in [0.15, 0.2) is 146 Å². The molecule has 0 aliphatic carbocycles.